The molecule has 1 aliphatic heterocycles. The molecule has 0 radical (unpaired) electrons. The molecule has 2 aliphatic carbocycles. The van der Waals surface area contributed by atoms with Crippen molar-refractivity contribution in [3.63, 3.8) is 0 Å². The summed E-state index contributed by atoms with van der Waals surface area (Å²) in [7, 11) is -2.06. The molecule has 0 unspecified atom stereocenters. The molecule has 1 aromatic rings. The van der Waals surface area contributed by atoms with Gasteiger partial charge >= 0.3 is 0 Å². The molecule has 4 rings (SSSR count). The molecule has 6 nitrogen and oxygen atoms in total. The molecule has 26 heavy (non-hydrogen) atoms. The summed E-state index contributed by atoms with van der Waals surface area (Å²) < 4.78 is 32.4. The largest absolute Gasteiger partial charge is 0.496 e. The molecule has 1 N–H and O–H groups in total. The lowest BCUT2D eigenvalue weighted by Crippen LogP contribution is -2.38. The number of amides is 1. The van der Waals surface area contributed by atoms with Crippen LogP contribution in [0.15, 0.2) is 23.1 Å². The first-order chi connectivity index (χ1) is 12.5. The van der Waals surface area contributed by atoms with Crippen LogP contribution in [0.5, 0.6) is 5.75 Å². The Labute approximate surface area is 155 Å². The number of hydrogen-bond donors (Lipinski definition) is 1. The summed E-state index contributed by atoms with van der Waals surface area (Å²) in [5, 5.41) is 3.12. The molecule has 2 bridgehead atoms. The van der Waals surface area contributed by atoms with Crippen molar-refractivity contribution in [1.29, 1.82) is 0 Å². The minimum absolute atomic E-state index is 0.165. The first kappa shape index (κ1) is 17.8. The number of carbonyl (C=O) groups excluding carboxylic acids is 1. The SMILES string of the molecule is COc1ccc(S(=O)(=O)N2CCCC2)cc1C(=O)N[C@H]1C[C@H]2CC[C@H]1C2. The van der Waals surface area contributed by atoms with Crippen molar-refractivity contribution in [2.75, 3.05) is 20.2 Å². The average Bonchev–Trinajstić information content (AvgIpc) is 3.38. The highest BCUT2D eigenvalue weighted by Gasteiger charge is 2.40. The van der Waals surface area contributed by atoms with Gasteiger partial charge in [0.15, 0.2) is 0 Å². The van der Waals surface area contributed by atoms with Crippen LogP contribution in [0.4, 0.5) is 0 Å². The molecule has 1 heterocycles. The van der Waals surface area contributed by atoms with E-state index in [0.717, 1.165) is 25.2 Å². The fourth-order valence-electron chi connectivity index (χ4n) is 4.77. The fraction of sp³-hybridized carbons (Fsp3) is 0.632. The molecule has 142 valence electrons. The number of hydrogen-bond acceptors (Lipinski definition) is 4. The van der Waals surface area contributed by atoms with Gasteiger partial charge in [-0.05, 0) is 62.1 Å². The second kappa shape index (κ2) is 6.85. The summed E-state index contributed by atoms with van der Waals surface area (Å²) in [5.41, 5.74) is 0.301. The normalized spacial score (nSPS) is 28.4. The van der Waals surface area contributed by atoms with Crippen LogP contribution >= 0.6 is 0 Å². The van der Waals surface area contributed by atoms with E-state index in [1.807, 2.05) is 0 Å². The van der Waals surface area contributed by atoms with E-state index in [1.54, 1.807) is 6.07 Å². The third-order valence-corrected chi connectivity index (χ3v) is 8.07. The molecular formula is C19H26N2O4S. The Bertz CT molecular complexity index is 802. The number of ether oxygens (including phenoxy) is 1. The van der Waals surface area contributed by atoms with Crippen molar-refractivity contribution in [2.24, 2.45) is 11.8 Å². The van der Waals surface area contributed by atoms with Crippen LogP contribution in [0.2, 0.25) is 0 Å². The number of sulfonamides is 1. The number of carbonyl (C=O) groups is 1. The average molecular weight is 378 g/mol. The molecule has 7 heteroatoms. The maximum Gasteiger partial charge on any atom is 0.255 e. The van der Waals surface area contributed by atoms with E-state index in [2.05, 4.69) is 5.32 Å². The van der Waals surface area contributed by atoms with E-state index in [4.69, 9.17) is 4.74 Å². The van der Waals surface area contributed by atoms with Gasteiger partial charge in [0.1, 0.15) is 5.75 Å². The third kappa shape index (κ3) is 3.11. The summed E-state index contributed by atoms with van der Waals surface area (Å²) in [4.78, 5) is 13.0. The number of nitrogens with zero attached hydrogens (tertiary/aromatic N) is 1. The molecular weight excluding hydrogens is 352 g/mol. The van der Waals surface area contributed by atoms with Crippen molar-refractivity contribution in [2.45, 2.75) is 49.5 Å². The zero-order valence-corrected chi connectivity index (χ0v) is 15.9. The quantitative estimate of drug-likeness (QED) is 0.854. The Kier molecular flexibility index (Phi) is 4.69. The lowest BCUT2D eigenvalue weighted by Gasteiger charge is -2.23. The van der Waals surface area contributed by atoms with E-state index in [1.165, 1.54) is 42.8 Å². The second-order valence-electron chi connectivity index (χ2n) is 7.73. The van der Waals surface area contributed by atoms with E-state index in [-0.39, 0.29) is 16.8 Å². The minimum Gasteiger partial charge on any atom is -0.496 e. The monoisotopic (exact) mass is 378 g/mol. The smallest absolute Gasteiger partial charge is 0.255 e. The van der Waals surface area contributed by atoms with Crippen LogP contribution in [-0.2, 0) is 10.0 Å². The second-order valence-corrected chi connectivity index (χ2v) is 9.67. The van der Waals surface area contributed by atoms with Crippen molar-refractivity contribution < 1.29 is 17.9 Å². The number of rotatable bonds is 5. The molecule has 3 aliphatic rings. The zero-order chi connectivity index (χ0) is 18.3. The van der Waals surface area contributed by atoms with Gasteiger partial charge in [0.05, 0.1) is 17.6 Å². The van der Waals surface area contributed by atoms with E-state index in [0.29, 0.717) is 30.3 Å². The van der Waals surface area contributed by atoms with Crippen LogP contribution in [0.25, 0.3) is 0 Å². The van der Waals surface area contributed by atoms with Crippen molar-refractivity contribution in [3.8, 4) is 5.75 Å². The van der Waals surface area contributed by atoms with Crippen molar-refractivity contribution in [3.05, 3.63) is 23.8 Å². The summed E-state index contributed by atoms with van der Waals surface area (Å²) >= 11 is 0. The Morgan fingerprint density at radius 1 is 1.19 bits per heavy atom. The molecule has 3 atom stereocenters. The topological polar surface area (TPSA) is 75.7 Å². The van der Waals surface area contributed by atoms with E-state index in [9.17, 15) is 13.2 Å². The third-order valence-electron chi connectivity index (χ3n) is 6.17. The summed E-state index contributed by atoms with van der Waals surface area (Å²) in [6, 6.07) is 4.78. The Morgan fingerprint density at radius 2 is 1.96 bits per heavy atom. The summed E-state index contributed by atoms with van der Waals surface area (Å²) in [5.74, 6) is 1.46. The standard InChI is InChI=1S/C19H26N2O4S/c1-25-18-7-6-15(26(23,24)21-8-2-3-9-21)12-16(18)19(22)20-17-11-13-4-5-14(17)10-13/h6-7,12-14,17H,2-5,8-11H2,1H3,(H,20,22)/t13-,14-,17-/m0/s1. The highest BCUT2D eigenvalue weighted by atomic mass is 32.2. The van der Waals surface area contributed by atoms with Crippen molar-refractivity contribution >= 4 is 15.9 Å². The summed E-state index contributed by atoms with van der Waals surface area (Å²) in [6.45, 7) is 1.09. The van der Waals surface area contributed by atoms with Gasteiger partial charge < -0.3 is 10.1 Å². The van der Waals surface area contributed by atoms with Crippen LogP contribution in [0.1, 0.15) is 48.9 Å². The maximum atomic E-state index is 12.9. The van der Waals surface area contributed by atoms with E-state index >= 15 is 0 Å². The number of methoxy groups -OCH3 is 1. The van der Waals surface area contributed by atoms with Gasteiger partial charge in [0, 0.05) is 19.1 Å². The first-order valence-corrected chi connectivity index (χ1v) is 10.9. The maximum absolute atomic E-state index is 12.9. The minimum atomic E-state index is -3.56. The molecule has 0 spiro atoms. The van der Waals surface area contributed by atoms with Crippen LogP contribution < -0.4 is 10.1 Å². The highest BCUT2D eigenvalue weighted by Crippen LogP contribution is 2.44. The highest BCUT2D eigenvalue weighted by molar-refractivity contribution is 7.89. The Hall–Kier alpha value is -1.60. The number of fused-ring (bicyclic) bond motifs is 2. The van der Waals surface area contributed by atoms with Gasteiger partial charge in [-0.2, -0.15) is 4.31 Å². The Morgan fingerprint density at radius 3 is 2.58 bits per heavy atom. The fourth-order valence-corrected chi connectivity index (χ4v) is 6.31. The van der Waals surface area contributed by atoms with Crippen molar-refractivity contribution in [1.82, 2.24) is 9.62 Å². The first-order valence-electron chi connectivity index (χ1n) is 9.48. The lowest BCUT2D eigenvalue weighted by molar-refractivity contribution is 0.0919. The van der Waals surface area contributed by atoms with E-state index < -0.39 is 10.0 Å². The molecule has 1 aromatic carbocycles. The van der Waals surface area contributed by atoms with Gasteiger partial charge in [-0.3, -0.25) is 4.79 Å². The van der Waals surface area contributed by atoms with Gasteiger partial charge in [-0.15, -0.1) is 0 Å². The molecule has 1 saturated heterocycles. The van der Waals surface area contributed by atoms with Gasteiger partial charge in [-0.25, -0.2) is 8.42 Å². The predicted molar refractivity (Wildman–Crippen MR) is 97.7 cm³/mol. The van der Waals surface area contributed by atoms with Gasteiger partial charge in [-0.1, -0.05) is 6.42 Å². The molecule has 3 fully saturated rings. The van der Waals surface area contributed by atoms with Gasteiger partial charge in [0.25, 0.3) is 5.91 Å². The Balaban J connectivity index is 1.59. The van der Waals surface area contributed by atoms with Crippen LogP contribution in [0.3, 0.4) is 0 Å². The number of benzene rings is 1. The lowest BCUT2D eigenvalue weighted by atomic mass is 9.95. The zero-order valence-electron chi connectivity index (χ0n) is 15.1. The van der Waals surface area contributed by atoms with Crippen LogP contribution in [0, 0.1) is 11.8 Å². The molecule has 1 amide bonds. The number of nitrogens with one attached hydrogen (secondary N) is 1. The summed E-state index contributed by atoms with van der Waals surface area (Å²) in [6.07, 6.45) is 6.44. The predicted octanol–water partition coefficient (Wildman–Crippen LogP) is 2.40. The molecule has 2 saturated carbocycles. The van der Waals surface area contributed by atoms with Crippen LogP contribution in [-0.4, -0.2) is 44.9 Å². The van der Waals surface area contributed by atoms with Gasteiger partial charge in [0.2, 0.25) is 10.0 Å². The molecule has 0 aromatic heterocycles.